The third-order valence-corrected chi connectivity index (χ3v) is 5.80. The van der Waals surface area contributed by atoms with E-state index in [0.29, 0.717) is 19.7 Å². The molecule has 3 amide bonds. The third kappa shape index (κ3) is 7.29. The number of hydrogen-bond acceptors (Lipinski definition) is 6. The highest BCUT2D eigenvalue weighted by Gasteiger charge is 2.23. The summed E-state index contributed by atoms with van der Waals surface area (Å²) in [6.45, 7) is 2.02. The Labute approximate surface area is 199 Å². The van der Waals surface area contributed by atoms with E-state index in [9.17, 15) is 9.59 Å². The maximum absolute atomic E-state index is 12.4. The Kier molecular flexibility index (Phi) is 8.48. The summed E-state index contributed by atoms with van der Waals surface area (Å²) in [6, 6.07) is 13.4. The van der Waals surface area contributed by atoms with Crippen LogP contribution in [0.25, 0.3) is 6.08 Å². The van der Waals surface area contributed by atoms with Crippen LogP contribution >= 0.6 is 0 Å². The summed E-state index contributed by atoms with van der Waals surface area (Å²) in [5.74, 6) is 0.422. The number of amides is 3. The van der Waals surface area contributed by atoms with Crippen LogP contribution < -0.4 is 16.1 Å². The summed E-state index contributed by atoms with van der Waals surface area (Å²) in [5.41, 5.74) is 4.00. The molecule has 34 heavy (non-hydrogen) atoms. The molecule has 2 aliphatic rings. The average molecular weight is 466 g/mol. The highest BCUT2D eigenvalue weighted by molar-refractivity contribution is 5.91. The Morgan fingerprint density at radius 3 is 2.59 bits per heavy atom. The molecule has 2 saturated heterocycles. The monoisotopic (exact) mass is 465 g/mol. The molecule has 2 aliphatic heterocycles. The minimum Gasteiger partial charge on any atom is -0.367 e. The number of urea groups is 1. The first-order valence-electron chi connectivity index (χ1n) is 11.7. The van der Waals surface area contributed by atoms with Crippen LogP contribution in [0.15, 0.2) is 54.7 Å². The number of aromatic nitrogens is 1. The minimum absolute atomic E-state index is 0.0698. The van der Waals surface area contributed by atoms with Crippen molar-refractivity contribution in [2.24, 2.45) is 0 Å². The fraction of sp³-hybridized carbons (Fsp3) is 0.400. The topological polar surface area (TPSA) is 105 Å². The molecule has 1 aromatic carbocycles. The van der Waals surface area contributed by atoms with Crippen molar-refractivity contribution in [3.8, 4) is 0 Å². The summed E-state index contributed by atoms with van der Waals surface area (Å²) in [7, 11) is 0. The normalized spacial score (nSPS) is 19.1. The molecule has 2 aromatic rings. The van der Waals surface area contributed by atoms with Crippen molar-refractivity contribution in [1.29, 1.82) is 0 Å². The Hall–Kier alpha value is -3.43. The van der Waals surface area contributed by atoms with Gasteiger partial charge in [-0.1, -0.05) is 18.2 Å². The van der Waals surface area contributed by atoms with E-state index in [0.717, 1.165) is 49.2 Å². The Balaban J connectivity index is 1.17. The summed E-state index contributed by atoms with van der Waals surface area (Å²) >= 11 is 0. The van der Waals surface area contributed by atoms with Crippen LogP contribution in [0.4, 0.5) is 16.3 Å². The van der Waals surface area contributed by atoms with Crippen molar-refractivity contribution in [2.75, 3.05) is 30.3 Å². The van der Waals surface area contributed by atoms with E-state index in [-0.39, 0.29) is 24.3 Å². The number of rotatable bonds is 7. The number of nitrogens with zero attached hydrogens (tertiary/aromatic N) is 2. The first-order chi connectivity index (χ1) is 16.7. The number of nitrogens with one attached hydrogen (secondary N) is 3. The Morgan fingerprint density at radius 1 is 1.06 bits per heavy atom. The van der Waals surface area contributed by atoms with Crippen LogP contribution in [-0.2, 0) is 14.4 Å². The minimum atomic E-state index is -0.372. The van der Waals surface area contributed by atoms with Gasteiger partial charge in [0.15, 0.2) is 6.29 Å². The van der Waals surface area contributed by atoms with Crippen LogP contribution in [0.5, 0.6) is 0 Å². The van der Waals surface area contributed by atoms with Crippen molar-refractivity contribution in [3.63, 3.8) is 0 Å². The smallest absolute Gasteiger partial charge is 0.321 e. The quantitative estimate of drug-likeness (QED) is 0.425. The van der Waals surface area contributed by atoms with Gasteiger partial charge in [0.1, 0.15) is 5.82 Å². The van der Waals surface area contributed by atoms with Crippen LogP contribution in [0, 0.1) is 0 Å². The van der Waals surface area contributed by atoms with Crippen LogP contribution in [-0.4, -0.2) is 53.9 Å². The molecule has 4 rings (SSSR count). The number of para-hydroxylation sites is 1. The van der Waals surface area contributed by atoms with Crippen LogP contribution in [0.1, 0.15) is 37.7 Å². The number of anilines is 2. The highest BCUT2D eigenvalue weighted by atomic mass is 16.8. The number of piperidine rings is 1. The van der Waals surface area contributed by atoms with Crippen molar-refractivity contribution >= 4 is 29.5 Å². The van der Waals surface area contributed by atoms with Gasteiger partial charge in [0.2, 0.25) is 0 Å². The number of carbonyl (C=O) groups excluding carboxylic acids is 2. The van der Waals surface area contributed by atoms with E-state index >= 15 is 0 Å². The second kappa shape index (κ2) is 12.2. The van der Waals surface area contributed by atoms with Gasteiger partial charge in [-0.3, -0.25) is 4.79 Å². The maximum atomic E-state index is 12.4. The number of likely N-dealkylation sites (tertiary alicyclic amines) is 1. The molecule has 180 valence electrons. The number of hydroxylamine groups is 1. The van der Waals surface area contributed by atoms with Gasteiger partial charge in [-0.05, 0) is 61.6 Å². The van der Waals surface area contributed by atoms with Gasteiger partial charge in [0.05, 0.1) is 0 Å². The molecular formula is C25H31N5O4. The van der Waals surface area contributed by atoms with Gasteiger partial charge in [-0.15, -0.1) is 0 Å². The van der Waals surface area contributed by atoms with E-state index < -0.39 is 0 Å². The summed E-state index contributed by atoms with van der Waals surface area (Å²) < 4.78 is 5.41. The van der Waals surface area contributed by atoms with Gasteiger partial charge in [-0.2, -0.15) is 0 Å². The van der Waals surface area contributed by atoms with Crippen LogP contribution in [0.2, 0.25) is 0 Å². The number of hydrogen-bond donors (Lipinski definition) is 3. The van der Waals surface area contributed by atoms with Crippen molar-refractivity contribution < 1.29 is 19.2 Å². The Bertz CT molecular complexity index is 953. The fourth-order valence-electron chi connectivity index (χ4n) is 3.88. The average Bonchev–Trinajstić information content (AvgIpc) is 2.89. The number of benzene rings is 1. The zero-order valence-corrected chi connectivity index (χ0v) is 19.1. The molecule has 1 aromatic heterocycles. The maximum Gasteiger partial charge on any atom is 0.321 e. The molecule has 0 aliphatic carbocycles. The molecule has 2 fully saturated rings. The van der Waals surface area contributed by atoms with Gasteiger partial charge in [0, 0.05) is 50.1 Å². The first-order valence-corrected chi connectivity index (χ1v) is 11.7. The van der Waals surface area contributed by atoms with Crippen molar-refractivity contribution in [1.82, 2.24) is 15.4 Å². The molecule has 3 N–H and O–H groups in total. The first kappa shape index (κ1) is 23.7. The predicted octanol–water partition coefficient (Wildman–Crippen LogP) is 3.78. The molecule has 0 saturated carbocycles. The molecule has 3 heterocycles. The molecular weight excluding hydrogens is 434 g/mol. The molecule has 0 radical (unpaired) electrons. The molecule has 0 bridgehead atoms. The lowest BCUT2D eigenvalue weighted by Gasteiger charge is -2.32. The standard InChI is InChI=1S/C25H31N5O4/c31-23(29-34-24-8-4-5-17-33-24)12-10-19-9-11-22(26-18-19)27-21-13-15-30(16-14-21)25(32)28-20-6-2-1-3-7-20/h1-3,6-7,9-12,18,21,24H,4-5,8,13-17H2,(H,26,27)(H,28,32)(H,29,31). The van der Waals surface area contributed by atoms with Gasteiger partial charge in [-0.25, -0.2) is 20.1 Å². The molecule has 9 nitrogen and oxygen atoms in total. The van der Waals surface area contributed by atoms with Gasteiger partial charge >= 0.3 is 6.03 Å². The lowest BCUT2D eigenvalue weighted by molar-refractivity contribution is -0.198. The molecule has 9 heteroatoms. The molecule has 1 unspecified atom stereocenters. The van der Waals surface area contributed by atoms with Gasteiger partial charge in [0.25, 0.3) is 5.91 Å². The summed E-state index contributed by atoms with van der Waals surface area (Å²) in [6.07, 6.45) is 8.95. The van der Waals surface area contributed by atoms with E-state index in [4.69, 9.17) is 9.57 Å². The van der Waals surface area contributed by atoms with Gasteiger partial charge < -0.3 is 20.3 Å². The number of pyridine rings is 1. The molecule has 0 spiro atoms. The zero-order valence-electron chi connectivity index (χ0n) is 19.1. The zero-order chi connectivity index (χ0) is 23.6. The van der Waals surface area contributed by atoms with E-state index in [1.54, 1.807) is 12.3 Å². The van der Waals surface area contributed by atoms with Crippen molar-refractivity contribution in [2.45, 2.75) is 44.4 Å². The molecule has 1 atom stereocenters. The largest absolute Gasteiger partial charge is 0.367 e. The van der Waals surface area contributed by atoms with E-state index in [1.165, 1.54) is 6.08 Å². The van der Waals surface area contributed by atoms with E-state index in [2.05, 4.69) is 21.1 Å². The third-order valence-electron chi connectivity index (χ3n) is 5.80. The number of carbonyl (C=O) groups is 2. The second-order valence-corrected chi connectivity index (χ2v) is 8.39. The second-order valence-electron chi connectivity index (χ2n) is 8.39. The highest BCUT2D eigenvalue weighted by Crippen LogP contribution is 2.17. The lowest BCUT2D eigenvalue weighted by Crippen LogP contribution is -2.44. The number of ether oxygens (including phenoxy) is 1. The summed E-state index contributed by atoms with van der Waals surface area (Å²) in [5, 5.41) is 6.36. The Morgan fingerprint density at radius 2 is 1.88 bits per heavy atom. The van der Waals surface area contributed by atoms with E-state index in [1.807, 2.05) is 47.4 Å². The lowest BCUT2D eigenvalue weighted by atomic mass is 10.1. The van der Waals surface area contributed by atoms with Crippen molar-refractivity contribution in [3.05, 3.63) is 60.3 Å². The van der Waals surface area contributed by atoms with Crippen LogP contribution in [0.3, 0.4) is 0 Å². The SMILES string of the molecule is O=C(C=Cc1ccc(NC2CCN(C(=O)Nc3ccccc3)CC2)nc1)NOC1CCCCO1. The fourth-order valence-corrected chi connectivity index (χ4v) is 3.88. The predicted molar refractivity (Wildman–Crippen MR) is 130 cm³/mol. The summed E-state index contributed by atoms with van der Waals surface area (Å²) in [4.78, 5) is 35.9.